The van der Waals surface area contributed by atoms with Crippen molar-refractivity contribution < 1.29 is 23.3 Å². The highest BCUT2D eigenvalue weighted by molar-refractivity contribution is 7.99. The quantitative estimate of drug-likeness (QED) is 0.159. The Morgan fingerprint density at radius 2 is 1.69 bits per heavy atom. The van der Waals surface area contributed by atoms with E-state index in [-0.39, 0.29) is 25.6 Å². The van der Waals surface area contributed by atoms with Gasteiger partial charge >= 0.3 is 0 Å². The number of thioether (sulfide) groups is 1. The van der Waals surface area contributed by atoms with Crippen LogP contribution in [0, 0.1) is 17.7 Å². The van der Waals surface area contributed by atoms with Gasteiger partial charge in [-0.25, -0.2) is 4.98 Å². The van der Waals surface area contributed by atoms with Gasteiger partial charge in [-0.05, 0) is 36.8 Å². The number of nitrogens with one attached hydrogen (secondary N) is 3. The van der Waals surface area contributed by atoms with Crippen molar-refractivity contribution in [2.45, 2.75) is 37.5 Å². The molecule has 3 aromatic rings. The predicted octanol–water partition coefficient (Wildman–Crippen LogP) is 3.90. The van der Waals surface area contributed by atoms with Crippen LogP contribution in [0.5, 0.6) is 0 Å². The first-order valence-corrected chi connectivity index (χ1v) is 12.0. The molecule has 3 rings (SSSR count). The Balaban J connectivity index is 0. The van der Waals surface area contributed by atoms with Crippen molar-refractivity contribution in [2.24, 2.45) is 0 Å². The molecule has 0 spiro atoms. The Bertz CT molecular complexity index is 1130. The molecule has 2 aromatic carbocycles. The smallest absolute Gasteiger partial charge is 0.241 e. The zero-order valence-electron chi connectivity index (χ0n) is 21.0. The second kappa shape index (κ2) is 15.1. The molecular weight excluding hydrogens is 478 g/mol. The number of hydrogen-bond acceptors (Lipinski definition) is 8. The van der Waals surface area contributed by atoms with Gasteiger partial charge in [-0.2, -0.15) is 0 Å². The lowest BCUT2D eigenvalue weighted by Gasteiger charge is -2.12. The van der Waals surface area contributed by atoms with Gasteiger partial charge in [0.2, 0.25) is 11.8 Å². The van der Waals surface area contributed by atoms with Crippen LogP contribution in [-0.2, 0) is 16.0 Å². The van der Waals surface area contributed by atoms with Gasteiger partial charge in [0.25, 0.3) is 0 Å². The van der Waals surface area contributed by atoms with E-state index >= 15 is 0 Å². The summed E-state index contributed by atoms with van der Waals surface area (Å²) in [7, 11) is 1.67. The maximum atomic E-state index is 8.40. The number of hydrogen-bond donors (Lipinski definition) is 3. The lowest BCUT2D eigenvalue weighted by atomic mass is 10.1. The van der Waals surface area contributed by atoms with E-state index < -0.39 is 0 Å². The summed E-state index contributed by atoms with van der Waals surface area (Å²) >= 11 is 1.80. The monoisotopic (exact) mass is 517 g/mol. The number of nitrogens with zero attached hydrogens (tertiary/aromatic N) is 2. The molecular formula is C26H39N5O4S. The van der Waals surface area contributed by atoms with E-state index in [2.05, 4.69) is 41.3 Å². The van der Waals surface area contributed by atoms with Crippen molar-refractivity contribution in [1.82, 2.24) is 15.3 Å². The molecule has 0 unspecified atom stereocenters. The average Bonchev–Trinajstić information content (AvgIpc) is 2.82. The van der Waals surface area contributed by atoms with Gasteiger partial charge in [-0.15, -0.1) is 11.8 Å². The van der Waals surface area contributed by atoms with Crippen LogP contribution in [-0.4, -0.2) is 58.2 Å². The molecule has 1 aromatic heterocycles. The van der Waals surface area contributed by atoms with Gasteiger partial charge in [-0.1, -0.05) is 38.1 Å². The van der Waals surface area contributed by atoms with E-state index in [1.54, 1.807) is 32.0 Å². The molecule has 0 radical (unpaired) electrons. The van der Waals surface area contributed by atoms with Crippen LogP contribution in [0.2, 0.25) is 0 Å². The molecule has 0 amide bonds. The molecule has 0 aliphatic carbocycles. The lowest BCUT2D eigenvalue weighted by molar-refractivity contribution is 0.199. The van der Waals surface area contributed by atoms with Gasteiger partial charge in [0, 0.05) is 44.3 Å². The van der Waals surface area contributed by atoms with E-state index in [4.69, 9.17) is 20.3 Å². The Hall–Kier alpha value is -3.15. The van der Waals surface area contributed by atoms with Crippen LogP contribution in [0.3, 0.4) is 0 Å². The molecule has 0 saturated carbocycles. The minimum absolute atomic E-state index is 0. The van der Waals surface area contributed by atoms with E-state index in [9.17, 15) is 0 Å². The molecule has 0 fully saturated rings. The highest BCUT2D eigenvalue weighted by Gasteiger charge is 2.15. The fourth-order valence-corrected chi connectivity index (χ4v) is 4.01. The molecule has 36 heavy (non-hydrogen) atoms. The molecule has 0 aliphatic rings. The van der Waals surface area contributed by atoms with Crippen LogP contribution in [0.25, 0.3) is 11.3 Å². The molecule has 0 saturated heterocycles. The molecule has 10 heteroatoms. The van der Waals surface area contributed by atoms with E-state index in [0.717, 1.165) is 17.7 Å². The zero-order chi connectivity index (χ0) is 24.5. The van der Waals surface area contributed by atoms with Gasteiger partial charge in [-0.3, -0.25) is 15.8 Å². The number of methoxy groups -OCH3 is 1. The van der Waals surface area contributed by atoms with Gasteiger partial charge in [0.15, 0.2) is 0 Å². The Morgan fingerprint density at radius 3 is 2.31 bits per heavy atom. The van der Waals surface area contributed by atoms with Crippen LogP contribution < -0.4 is 5.32 Å². The summed E-state index contributed by atoms with van der Waals surface area (Å²) in [4.78, 5) is 10.2. The van der Waals surface area contributed by atoms with Gasteiger partial charge < -0.3 is 25.7 Å². The third kappa shape index (κ3) is 8.81. The van der Waals surface area contributed by atoms with Crippen molar-refractivity contribution in [1.29, 1.82) is 10.8 Å². The summed E-state index contributed by atoms with van der Waals surface area (Å²) < 4.78 is 10.6. The predicted molar refractivity (Wildman–Crippen MR) is 149 cm³/mol. The summed E-state index contributed by atoms with van der Waals surface area (Å²) in [5.74, 6) is -0.306. The summed E-state index contributed by atoms with van der Waals surface area (Å²) in [6, 6.07) is 15.6. The highest BCUT2D eigenvalue weighted by Crippen LogP contribution is 2.26. The van der Waals surface area contributed by atoms with E-state index in [1.165, 1.54) is 4.90 Å². The van der Waals surface area contributed by atoms with Crippen molar-refractivity contribution in [2.75, 3.05) is 20.3 Å². The van der Waals surface area contributed by atoms with E-state index in [1.807, 2.05) is 36.4 Å². The fourth-order valence-electron chi connectivity index (χ4n) is 3.17. The Kier molecular flexibility index (Phi) is 12.9. The molecule has 1 heterocycles. The second-order valence-corrected chi connectivity index (χ2v) is 9.66. The van der Waals surface area contributed by atoms with Crippen LogP contribution in [0.1, 0.15) is 39.2 Å². The first-order chi connectivity index (χ1) is 16.4. The van der Waals surface area contributed by atoms with Crippen molar-refractivity contribution in [3.05, 3.63) is 77.2 Å². The first kappa shape index (κ1) is 30.9. The maximum absolute atomic E-state index is 8.40. The van der Waals surface area contributed by atoms with Crippen LogP contribution >= 0.6 is 11.8 Å². The van der Waals surface area contributed by atoms with Crippen molar-refractivity contribution in [3.63, 3.8) is 0 Å². The van der Waals surface area contributed by atoms with Crippen molar-refractivity contribution >= 4 is 23.6 Å². The molecule has 7 N–H and O–H groups in total. The minimum Gasteiger partial charge on any atom is -0.419 e. The Morgan fingerprint density at radius 1 is 1.03 bits per heavy atom. The fraction of sp³-hybridized carbons (Fsp3) is 0.308. The van der Waals surface area contributed by atoms with Crippen LogP contribution in [0.15, 0.2) is 59.6 Å². The number of aryl methyl sites for hydroxylation is 1. The van der Waals surface area contributed by atoms with E-state index in [0.29, 0.717) is 41.0 Å². The zero-order valence-corrected chi connectivity index (χ0v) is 21.8. The van der Waals surface area contributed by atoms with Crippen molar-refractivity contribution in [3.8, 4) is 11.3 Å². The third-order valence-corrected chi connectivity index (χ3v) is 5.94. The normalized spacial score (nSPS) is 10.4. The summed E-state index contributed by atoms with van der Waals surface area (Å²) in [5, 5.41) is 20.5. The lowest BCUT2D eigenvalue weighted by Crippen LogP contribution is -2.19. The first-order valence-electron chi connectivity index (χ1n) is 11.1. The summed E-state index contributed by atoms with van der Waals surface area (Å²) in [6.45, 7) is 8.25. The average molecular weight is 518 g/mol. The molecule has 0 aliphatic heterocycles. The second-order valence-electron chi connectivity index (χ2n) is 8.01. The standard InChI is InChI=1S/C26H31N5O2S.2H2O.2H2/c1-17(2)34-22-11-9-20(10-12-22)23-16-30-18(3)24(31-23)26(28)33-25(27)21-7-5-19(6-8-21)15-29-13-14-32-4;;;;/h5-12,16-17,27-29H,13-15H2,1-4H3;2*1H2;2*1H. The van der Waals surface area contributed by atoms with Crippen LogP contribution in [0.4, 0.5) is 0 Å². The summed E-state index contributed by atoms with van der Waals surface area (Å²) in [6.07, 6.45) is 1.70. The molecule has 0 atom stereocenters. The van der Waals surface area contributed by atoms with Gasteiger partial charge in [0.1, 0.15) is 5.69 Å². The highest BCUT2D eigenvalue weighted by atomic mass is 32.2. The maximum Gasteiger partial charge on any atom is 0.241 e. The summed E-state index contributed by atoms with van der Waals surface area (Å²) in [5.41, 5.74) is 4.15. The largest absolute Gasteiger partial charge is 0.419 e. The number of aromatic nitrogens is 2. The molecule has 0 bridgehead atoms. The minimum atomic E-state index is -0.200. The van der Waals surface area contributed by atoms with Gasteiger partial charge in [0.05, 0.1) is 24.2 Å². The Labute approximate surface area is 219 Å². The molecule has 9 nitrogen and oxygen atoms in total. The number of ether oxygens (including phenoxy) is 2. The third-order valence-electron chi connectivity index (χ3n) is 4.92. The SMILES string of the molecule is COCCNCc1ccc(C(=N)OC(=N)c2nc(-c3ccc(SC(C)C)cc3)cnc2C)cc1.O.O.[HH].[HH]. The molecule has 198 valence electrons. The topological polar surface area (TPSA) is 167 Å². The number of benzene rings is 2. The number of rotatable bonds is 10.